The van der Waals surface area contributed by atoms with Gasteiger partial charge < -0.3 is 9.15 Å². The maximum absolute atomic E-state index is 12.0. The van der Waals surface area contributed by atoms with Gasteiger partial charge in [-0.25, -0.2) is 13.4 Å². The van der Waals surface area contributed by atoms with Gasteiger partial charge in [-0.1, -0.05) is 30.3 Å². The second-order valence-corrected chi connectivity index (χ2v) is 9.55. The highest BCUT2D eigenvalue weighted by Crippen LogP contribution is 2.24. The van der Waals surface area contributed by atoms with E-state index < -0.39 is 9.84 Å². The average Bonchev–Trinajstić information content (AvgIpc) is 3.35. The summed E-state index contributed by atoms with van der Waals surface area (Å²) in [5, 5.41) is 0. The second-order valence-electron chi connectivity index (χ2n) is 7.32. The van der Waals surface area contributed by atoms with Gasteiger partial charge in [-0.2, -0.15) is 0 Å². The SMILES string of the molecule is COc1ccc(CN(Cc2coc(-c3ccccc3)n2)C2CCS(=O)(=O)C2)cc1. The summed E-state index contributed by atoms with van der Waals surface area (Å²) in [6.45, 7) is 1.17. The smallest absolute Gasteiger partial charge is 0.226 e. The van der Waals surface area contributed by atoms with Gasteiger partial charge in [0.2, 0.25) is 5.89 Å². The molecule has 6 nitrogen and oxygen atoms in total. The van der Waals surface area contributed by atoms with Crippen LogP contribution in [0.5, 0.6) is 5.75 Å². The Morgan fingerprint density at radius 3 is 2.52 bits per heavy atom. The molecule has 4 rings (SSSR count). The van der Waals surface area contributed by atoms with Crippen molar-refractivity contribution in [3.8, 4) is 17.2 Å². The Morgan fingerprint density at radius 1 is 1.10 bits per heavy atom. The van der Waals surface area contributed by atoms with Crippen LogP contribution in [0, 0.1) is 0 Å². The van der Waals surface area contributed by atoms with Crippen LogP contribution < -0.4 is 4.74 Å². The van der Waals surface area contributed by atoms with Crippen molar-refractivity contribution in [2.45, 2.75) is 25.6 Å². The van der Waals surface area contributed by atoms with Crippen LogP contribution in [0.4, 0.5) is 0 Å². The van der Waals surface area contributed by atoms with E-state index in [2.05, 4.69) is 9.88 Å². The van der Waals surface area contributed by atoms with Crippen molar-refractivity contribution in [2.75, 3.05) is 18.6 Å². The quantitative estimate of drug-likeness (QED) is 0.591. The molecule has 1 aromatic heterocycles. The predicted molar refractivity (Wildman–Crippen MR) is 111 cm³/mol. The summed E-state index contributed by atoms with van der Waals surface area (Å²) in [7, 11) is -1.34. The molecule has 1 aliphatic rings. The number of ether oxygens (including phenoxy) is 1. The first-order valence-corrected chi connectivity index (χ1v) is 11.4. The molecule has 2 aromatic carbocycles. The van der Waals surface area contributed by atoms with Gasteiger partial charge >= 0.3 is 0 Å². The minimum atomic E-state index is -2.98. The van der Waals surface area contributed by atoms with E-state index in [9.17, 15) is 8.42 Å². The minimum absolute atomic E-state index is 0.0287. The van der Waals surface area contributed by atoms with Crippen LogP contribution in [0.3, 0.4) is 0 Å². The Balaban J connectivity index is 1.54. The third-order valence-electron chi connectivity index (χ3n) is 5.21. The fraction of sp³-hybridized carbons (Fsp3) is 0.318. The molecular weight excluding hydrogens is 388 g/mol. The molecule has 3 aromatic rings. The van der Waals surface area contributed by atoms with Crippen molar-refractivity contribution in [3.05, 3.63) is 72.1 Å². The zero-order valence-corrected chi connectivity index (χ0v) is 17.1. The van der Waals surface area contributed by atoms with E-state index in [-0.39, 0.29) is 17.5 Å². The number of hydrogen-bond donors (Lipinski definition) is 0. The number of aromatic nitrogens is 1. The summed E-state index contributed by atoms with van der Waals surface area (Å²) in [5.41, 5.74) is 2.81. The van der Waals surface area contributed by atoms with Gasteiger partial charge in [0.05, 0.1) is 24.3 Å². The third-order valence-corrected chi connectivity index (χ3v) is 6.96. The summed E-state index contributed by atoms with van der Waals surface area (Å²) in [6.07, 6.45) is 2.30. The Bertz CT molecular complexity index is 1050. The van der Waals surface area contributed by atoms with Crippen molar-refractivity contribution in [1.29, 1.82) is 0 Å². The average molecular weight is 413 g/mol. The molecule has 2 heterocycles. The molecule has 1 saturated heterocycles. The van der Waals surface area contributed by atoms with Crippen LogP contribution in [0.25, 0.3) is 11.5 Å². The Hall–Kier alpha value is -2.64. The van der Waals surface area contributed by atoms with Gasteiger partial charge in [-0.3, -0.25) is 4.90 Å². The fourth-order valence-electron chi connectivity index (χ4n) is 3.64. The summed E-state index contributed by atoms with van der Waals surface area (Å²) in [5.74, 6) is 1.80. The molecular formula is C22H24N2O4S. The summed E-state index contributed by atoms with van der Waals surface area (Å²) in [4.78, 5) is 6.80. The first-order valence-electron chi connectivity index (χ1n) is 9.60. The lowest BCUT2D eigenvalue weighted by Gasteiger charge is -2.27. The molecule has 1 aliphatic heterocycles. The largest absolute Gasteiger partial charge is 0.497 e. The summed E-state index contributed by atoms with van der Waals surface area (Å²) in [6, 6.07) is 17.6. The molecule has 0 aliphatic carbocycles. The fourth-order valence-corrected chi connectivity index (χ4v) is 5.41. The lowest BCUT2D eigenvalue weighted by atomic mass is 10.1. The Kier molecular flexibility index (Phi) is 5.69. The van der Waals surface area contributed by atoms with Crippen LogP contribution in [0.2, 0.25) is 0 Å². The van der Waals surface area contributed by atoms with Gasteiger partial charge in [-0.05, 0) is 36.2 Å². The number of sulfone groups is 1. The van der Waals surface area contributed by atoms with Crippen molar-refractivity contribution < 1.29 is 17.6 Å². The molecule has 1 atom stereocenters. The number of hydrogen-bond acceptors (Lipinski definition) is 6. The summed E-state index contributed by atoms with van der Waals surface area (Å²) < 4.78 is 35.0. The third kappa shape index (κ3) is 4.86. The van der Waals surface area contributed by atoms with Gasteiger partial charge in [0.1, 0.15) is 12.0 Å². The van der Waals surface area contributed by atoms with E-state index in [1.54, 1.807) is 13.4 Å². The van der Waals surface area contributed by atoms with Gasteiger partial charge in [0, 0.05) is 24.7 Å². The molecule has 0 bridgehead atoms. The monoisotopic (exact) mass is 412 g/mol. The van der Waals surface area contributed by atoms with Gasteiger partial charge in [-0.15, -0.1) is 0 Å². The van der Waals surface area contributed by atoms with E-state index in [1.807, 2.05) is 54.6 Å². The van der Waals surface area contributed by atoms with E-state index in [0.717, 1.165) is 22.6 Å². The van der Waals surface area contributed by atoms with Crippen LogP contribution in [0.1, 0.15) is 17.7 Å². The minimum Gasteiger partial charge on any atom is -0.497 e. The highest BCUT2D eigenvalue weighted by atomic mass is 32.2. The van der Waals surface area contributed by atoms with Gasteiger partial charge in [0.15, 0.2) is 9.84 Å². The van der Waals surface area contributed by atoms with Crippen molar-refractivity contribution in [3.63, 3.8) is 0 Å². The van der Waals surface area contributed by atoms with Crippen LogP contribution in [0.15, 0.2) is 65.3 Å². The maximum atomic E-state index is 12.0. The number of nitrogens with zero attached hydrogens (tertiary/aromatic N) is 2. The number of methoxy groups -OCH3 is 1. The molecule has 0 saturated carbocycles. The van der Waals surface area contributed by atoms with Crippen molar-refractivity contribution in [2.24, 2.45) is 0 Å². The second kappa shape index (κ2) is 8.39. The van der Waals surface area contributed by atoms with Crippen molar-refractivity contribution in [1.82, 2.24) is 9.88 Å². The lowest BCUT2D eigenvalue weighted by molar-refractivity contribution is 0.192. The first kappa shape index (κ1) is 19.7. The van der Waals surface area contributed by atoms with Crippen LogP contribution >= 0.6 is 0 Å². The summed E-state index contributed by atoms with van der Waals surface area (Å²) >= 11 is 0. The van der Waals surface area contributed by atoms with Crippen LogP contribution in [-0.4, -0.2) is 43.0 Å². The Labute approximate surface area is 171 Å². The zero-order valence-electron chi connectivity index (χ0n) is 16.3. The number of oxazole rings is 1. The van der Waals surface area contributed by atoms with Crippen molar-refractivity contribution >= 4 is 9.84 Å². The number of benzene rings is 2. The molecule has 0 radical (unpaired) electrons. The maximum Gasteiger partial charge on any atom is 0.226 e. The first-order chi connectivity index (χ1) is 14.0. The van der Waals surface area contributed by atoms with E-state index >= 15 is 0 Å². The van der Waals surface area contributed by atoms with Crippen LogP contribution in [-0.2, 0) is 22.9 Å². The highest BCUT2D eigenvalue weighted by Gasteiger charge is 2.32. The Morgan fingerprint density at radius 2 is 1.86 bits per heavy atom. The molecule has 1 fully saturated rings. The molecule has 0 amide bonds. The predicted octanol–water partition coefficient (Wildman–Crippen LogP) is 3.54. The topological polar surface area (TPSA) is 72.6 Å². The molecule has 0 N–H and O–H groups in total. The van der Waals surface area contributed by atoms with E-state index in [0.29, 0.717) is 25.4 Å². The standard InChI is InChI=1S/C22H24N2O4S/c1-27-21-9-7-17(8-10-21)13-24(20-11-12-29(25,26)16-20)14-19-15-28-22(23-19)18-5-3-2-4-6-18/h2-10,15,20H,11-14,16H2,1H3. The molecule has 1 unspecified atom stereocenters. The molecule has 152 valence electrons. The lowest BCUT2D eigenvalue weighted by Crippen LogP contribution is -2.35. The van der Waals surface area contributed by atoms with E-state index in [1.165, 1.54) is 0 Å². The van der Waals surface area contributed by atoms with Gasteiger partial charge in [0.25, 0.3) is 0 Å². The highest BCUT2D eigenvalue weighted by molar-refractivity contribution is 7.91. The normalized spacial score (nSPS) is 18.2. The zero-order chi connectivity index (χ0) is 20.3. The molecule has 29 heavy (non-hydrogen) atoms. The molecule has 7 heteroatoms. The van der Waals surface area contributed by atoms with E-state index in [4.69, 9.17) is 9.15 Å². The molecule has 0 spiro atoms. The number of rotatable bonds is 7.